The predicted octanol–water partition coefficient (Wildman–Crippen LogP) is 6.74. The van der Waals surface area contributed by atoms with Gasteiger partial charge in [0.15, 0.2) is 0 Å². The molecule has 0 saturated heterocycles. The summed E-state index contributed by atoms with van der Waals surface area (Å²) in [6.07, 6.45) is 2.20. The van der Waals surface area contributed by atoms with E-state index in [1.807, 2.05) is 70.7 Å². The van der Waals surface area contributed by atoms with E-state index < -0.39 is 29.0 Å². The highest BCUT2D eigenvalue weighted by Crippen LogP contribution is 2.32. The van der Waals surface area contributed by atoms with Crippen molar-refractivity contribution in [2.75, 3.05) is 52.4 Å². The van der Waals surface area contributed by atoms with Crippen LogP contribution in [-0.2, 0) is 14.2 Å². The summed E-state index contributed by atoms with van der Waals surface area (Å²) in [5, 5.41) is 6.18. The maximum absolute atomic E-state index is 13.1. The molecule has 12 heteroatoms. The van der Waals surface area contributed by atoms with Gasteiger partial charge >= 0.3 is 18.3 Å². The molecule has 278 valence electrons. The minimum absolute atomic E-state index is 0.0865. The van der Waals surface area contributed by atoms with Crippen LogP contribution in [0.3, 0.4) is 0 Å². The molecule has 0 radical (unpaired) electrons. The summed E-state index contributed by atoms with van der Waals surface area (Å²) in [7, 11) is 0. The fourth-order valence-electron chi connectivity index (χ4n) is 5.37. The summed E-state index contributed by atoms with van der Waals surface area (Å²) in [4.78, 5) is 56.1. The van der Waals surface area contributed by atoms with Crippen LogP contribution >= 0.6 is 0 Å². The summed E-state index contributed by atoms with van der Waals surface area (Å²) >= 11 is 0. The van der Waals surface area contributed by atoms with E-state index in [2.05, 4.69) is 17.6 Å². The molecular formula is C37H63N5O7. The van der Waals surface area contributed by atoms with Crippen LogP contribution in [0.1, 0.15) is 123 Å². The third kappa shape index (κ3) is 16.1. The molecule has 1 heterocycles. The van der Waals surface area contributed by atoms with Crippen LogP contribution in [0.2, 0.25) is 0 Å². The topological polar surface area (TPSA) is 130 Å². The first-order valence-electron chi connectivity index (χ1n) is 17.8. The van der Waals surface area contributed by atoms with E-state index in [1.165, 1.54) is 0 Å². The van der Waals surface area contributed by atoms with Crippen molar-refractivity contribution in [2.24, 2.45) is 0 Å². The van der Waals surface area contributed by atoms with E-state index in [0.717, 1.165) is 37.1 Å². The van der Waals surface area contributed by atoms with Gasteiger partial charge in [-0.2, -0.15) is 0 Å². The molecule has 1 aliphatic rings. The van der Waals surface area contributed by atoms with Gasteiger partial charge in [-0.3, -0.25) is 4.79 Å². The molecule has 2 rings (SSSR count). The molecule has 0 saturated carbocycles. The van der Waals surface area contributed by atoms with Gasteiger partial charge in [0, 0.05) is 44.8 Å². The number of nitrogens with zero attached hydrogens (tertiary/aromatic N) is 3. The molecule has 49 heavy (non-hydrogen) atoms. The number of ether oxygens (including phenoxy) is 3. The molecule has 0 bridgehead atoms. The van der Waals surface area contributed by atoms with Gasteiger partial charge in [-0.25, -0.2) is 14.4 Å². The molecule has 1 aliphatic heterocycles. The largest absolute Gasteiger partial charge is 0.444 e. The van der Waals surface area contributed by atoms with E-state index in [1.54, 1.807) is 30.6 Å². The van der Waals surface area contributed by atoms with Crippen LogP contribution in [-0.4, -0.2) is 108 Å². The highest BCUT2D eigenvalue weighted by atomic mass is 16.6. The number of hydrogen-bond donors (Lipinski definition) is 2. The highest BCUT2D eigenvalue weighted by Gasteiger charge is 2.32. The Balaban J connectivity index is 1.81. The number of hydrogen-bond acceptors (Lipinski definition) is 8. The summed E-state index contributed by atoms with van der Waals surface area (Å²) in [6.45, 7) is 23.0. The summed E-state index contributed by atoms with van der Waals surface area (Å²) in [5.74, 6) is 0.0977. The molecule has 1 aromatic carbocycles. The molecule has 12 nitrogen and oxygen atoms in total. The number of amides is 4. The van der Waals surface area contributed by atoms with Crippen molar-refractivity contribution in [1.82, 2.24) is 25.3 Å². The van der Waals surface area contributed by atoms with Crippen LogP contribution in [0.15, 0.2) is 24.3 Å². The van der Waals surface area contributed by atoms with Crippen LogP contribution in [0.5, 0.6) is 0 Å². The smallest absolute Gasteiger partial charge is 0.410 e. The molecule has 1 aromatic rings. The summed E-state index contributed by atoms with van der Waals surface area (Å²) in [6, 6.07) is 7.89. The zero-order valence-electron chi connectivity index (χ0n) is 31.8. The van der Waals surface area contributed by atoms with E-state index in [-0.39, 0.29) is 18.0 Å². The highest BCUT2D eigenvalue weighted by molar-refractivity contribution is 5.99. The number of carbonyl (C=O) groups is 4. The van der Waals surface area contributed by atoms with Crippen molar-refractivity contribution < 1.29 is 33.4 Å². The zero-order chi connectivity index (χ0) is 36.8. The van der Waals surface area contributed by atoms with Crippen LogP contribution in [0.4, 0.5) is 14.4 Å². The fraction of sp³-hybridized carbons (Fsp3) is 0.730. The Hall–Kier alpha value is -3.54. The first-order valence-corrected chi connectivity index (χ1v) is 17.8. The standard InChI is InChI=1S/C37H63N5O7/c1-28-29-18-11-12-19-30(29)31(43)42(28)27-16-21-38-20-15-25-40(33(45)48-36(5,6)7)23-13-14-24-41(34(46)49-37(8,9)10)26-17-22-39-32(44)47-35(2,3)4/h11-12,18-19,28,38H,13-17,20-27H2,1-10H3,(H,39,44). The maximum Gasteiger partial charge on any atom is 0.410 e. The second kappa shape index (κ2) is 19.0. The van der Waals surface area contributed by atoms with Crippen LogP contribution < -0.4 is 10.6 Å². The lowest BCUT2D eigenvalue weighted by molar-refractivity contribution is 0.0207. The Morgan fingerprint density at radius 1 is 0.694 bits per heavy atom. The van der Waals surface area contributed by atoms with Gasteiger partial charge in [0.25, 0.3) is 5.91 Å². The summed E-state index contributed by atoms with van der Waals surface area (Å²) < 4.78 is 16.6. The average molecular weight is 690 g/mol. The van der Waals surface area contributed by atoms with Gasteiger partial charge < -0.3 is 39.5 Å². The second-order valence-corrected chi connectivity index (χ2v) is 15.6. The lowest BCUT2D eigenvalue weighted by Crippen LogP contribution is -2.40. The van der Waals surface area contributed by atoms with Gasteiger partial charge in [-0.1, -0.05) is 18.2 Å². The van der Waals surface area contributed by atoms with Crippen molar-refractivity contribution in [3.8, 4) is 0 Å². The van der Waals surface area contributed by atoms with E-state index >= 15 is 0 Å². The SMILES string of the molecule is CC1c2ccccc2C(=O)N1CCCNCCCN(CCCCN(CCCNC(=O)OC(C)(C)C)C(=O)OC(C)(C)C)C(=O)OC(C)(C)C. The predicted molar refractivity (Wildman–Crippen MR) is 192 cm³/mol. The monoisotopic (exact) mass is 689 g/mol. The Kier molecular flexibility index (Phi) is 16.2. The number of carbonyl (C=O) groups excluding carboxylic acids is 4. The second-order valence-electron chi connectivity index (χ2n) is 15.6. The molecule has 1 atom stereocenters. The number of nitrogens with one attached hydrogen (secondary N) is 2. The van der Waals surface area contributed by atoms with E-state index in [4.69, 9.17) is 14.2 Å². The minimum atomic E-state index is -0.637. The normalized spacial score (nSPS) is 14.7. The number of fused-ring (bicyclic) bond motifs is 1. The van der Waals surface area contributed by atoms with Crippen molar-refractivity contribution >= 4 is 24.2 Å². The number of rotatable bonds is 17. The molecule has 2 N–H and O–H groups in total. The number of alkyl carbamates (subject to hydrolysis) is 1. The molecule has 4 amide bonds. The van der Waals surface area contributed by atoms with E-state index in [9.17, 15) is 19.2 Å². The van der Waals surface area contributed by atoms with Crippen LogP contribution in [0, 0.1) is 0 Å². The fourth-order valence-corrected chi connectivity index (χ4v) is 5.37. The van der Waals surface area contributed by atoms with E-state index in [0.29, 0.717) is 58.5 Å². The van der Waals surface area contributed by atoms with Gasteiger partial charge in [-0.15, -0.1) is 0 Å². The minimum Gasteiger partial charge on any atom is -0.444 e. The van der Waals surface area contributed by atoms with Crippen molar-refractivity contribution in [3.63, 3.8) is 0 Å². The molecule has 0 fully saturated rings. The van der Waals surface area contributed by atoms with Gasteiger partial charge in [0.05, 0.1) is 6.04 Å². The molecule has 0 aliphatic carbocycles. The lowest BCUT2D eigenvalue weighted by atomic mass is 10.1. The molecular weight excluding hydrogens is 626 g/mol. The first kappa shape index (κ1) is 41.6. The Labute approximate surface area is 294 Å². The molecule has 1 unspecified atom stereocenters. The van der Waals surface area contributed by atoms with Gasteiger partial charge in [-0.05, 0) is 126 Å². The zero-order valence-corrected chi connectivity index (χ0v) is 31.8. The third-order valence-electron chi connectivity index (χ3n) is 7.59. The Morgan fingerprint density at radius 2 is 1.16 bits per heavy atom. The van der Waals surface area contributed by atoms with Crippen molar-refractivity contribution in [2.45, 2.75) is 124 Å². The Morgan fingerprint density at radius 3 is 1.67 bits per heavy atom. The van der Waals surface area contributed by atoms with Crippen molar-refractivity contribution in [3.05, 3.63) is 35.4 Å². The third-order valence-corrected chi connectivity index (χ3v) is 7.59. The number of benzene rings is 1. The number of unbranched alkanes of at least 4 members (excludes halogenated alkanes) is 1. The molecule has 0 spiro atoms. The van der Waals surface area contributed by atoms with Crippen LogP contribution in [0.25, 0.3) is 0 Å². The van der Waals surface area contributed by atoms with Crippen molar-refractivity contribution in [1.29, 1.82) is 0 Å². The maximum atomic E-state index is 13.1. The van der Waals surface area contributed by atoms with Gasteiger partial charge in [0.2, 0.25) is 0 Å². The quantitative estimate of drug-likeness (QED) is 0.136. The average Bonchev–Trinajstić information content (AvgIpc) is 3.20. The first-order chi connectivity index (χ1) is 22.8. The van der Waals surface area contributed by atoms with Gasteiger partial charge in [0.1, 0.15) is 16.8 Å². The Bertz CT molecular complexity index is 1220. The lowest BCUT2D eigenvalue weighted by Gasteiger charge is -2.29. The summed E-state index contributed by atoms with van der Waals surface area (Å²) in [5.41, 5.74) is 0.0576. The molecule has 0 aromatic heterocycles.